The highest BCUT2D eigenvalue weighted by molar-refractivity contribution is 5.84. The summed E-state index contributed by atoms with van der Waals surface area (Å²) in [5.41, 5.74) is 7.43. The number of primary amides is 2. The van der Waals surface area contributed by atoms with E-state index < -0.39 is 35.7 Å². The van der Waals surface area contributed by atoms with Crippen LogP contribution in [0.2, 0.25) is 0 Å². The minimum atomic E-state index is -2.43. The molecule has 0 radical (unpaired) electrons. The zero-order valence-corrected chi connectivity index (χ0v) is 12.2. The molecule has 0 bridgehead atoms. The van der Waals surface area contributed by atoms with E-state index in [1.165, 1.54) is 0 Å². The van der Waals surface area contributed by atoms with Crippen LogP contribution in [-0.4, -0.2) is 56.2 Å². The number of rotatable bonds is 11. The van der Waals surface area contributed by atoms with E-state index in [-0.39, 0.29) is 6.42 Å². The van der Waals surface area contributed by atoms with E-state index in [0.29, 0.717) is 12.8 Å². The average molecular weight is 306 g/mol. The fourth-order valence-electron chi connectivity index (χ4n) is 2.04. The largest absolute Gasteiger partial charge is 0.387 e. The molecule has 0 aromatic rings. The monoisotopic (exact) mass is 306 g/mol. The first-order chi connectivity index (χ1) is 9.68. The number of aliphatic hydroxyl groups is 4. The van der Waals surface area contributed by atoms with Gasteiger partial charge in [-0.1, -0.05) is 32.6 Å². The van der Waals surface area contributed by atoms with Crippen LogP contribution in [0.5, 0.6) is 0 Å². The minimum Gasteiger partial charge on any atom is -0.387 e. The summed E-state index contributed by atoms with van der Waals surface area (Å²) in [7, 11) is 0. The molecule has 21 heavy (non-hydrogen) atoms. The molecule has 0 aliphatic rings. The molecule has 0 fully saturated rings. The summed E-state index contributed by atoms with van der Waals surface area (Å²) in [6.07, 6.45) is -2.47. The van der Waals surface area contributed by atoms with Crippen LogP contribution < -0.4 is 11.5 Å². The molecule has 0 aromatic heterocycles. The number of aliphatic hydroxyl groups excluding tert-OH is 3. The van der Waals surface area contributed by atoms with E-state index in [4.69, 9.17) is 11.5 Å². The Balaban J connectivity index is 4.76. The molecule has 8 nitrogen and oxygen atoms in total. The smallest absolute Gasteiger partial charge is 0.252 e. The van der Waals surface area contributed by atoms with Gasteiger partial charge in [-0.05, 0) is 12.8 Å². The first-order valence-corrected chi connectivity index (χ1v) is 7.04. The maximum atomic E-state index is 11.4. The highest BCUT2D eigenvalue weighted by Crippen LogP contribution is 2.23. The van der Waals surface area contributed by atoms with Crippen molar-refractivity contribution in [3.8, 4) is 0 Å². The predicted octanol–water partition coefficient (Wildman–Crippen LogP) is -1.87. The molecule has 8 N–H and O–H groups in total. The van der Waals surface area contributed by atoms with Gasteiger partial charge in [0.2, 0.25) is 5.91 Å². The average Bonchev–Trinajstić information content (AvgIpc) is 2.43. The van der Waals surface area contributed by atoms with Gasteiger partial charge in [0.05, 0.1) is 0 Å². The van der Waals surface area contributed by atoms with Crippen molar-refractivity contribution < 1.29 is 30.0 Å². The summed E-state index contributed by atoms with van der Waals surface area (Å²) in [5, 5.41) is 38.9. The lowest BCUT2D eigenvalue weighted by Crippen LogP contribution is -2.61. The van der Waals surface area contributed by atoms with Crippen molar-refractivity contribution in [3.05, 3.63) is 0 Å². The van der Waals surface area contributed by atoms with Crippen molar-refractivity contribution in [2.45, 2.75) is 69.4 Å². The molecule has 0 aliphatic carbocycles. The summed E-state index contributed by atoms with van der Waals surface area (Å²) in [4.78, 5) is 22.2. The lowest BCUT2D eigenvalue weighted by atomic mass is 9.84. The van der Waals surface area contributed by atoms with Gasteiger partial charge >= 0.3 is 0 Å². The standard InChI is InChI=1S/C13H26N2O6/c1-2-3-4-5-6-7-13(21,12(15)20)10(18)8(16)9(17)11(14)19/h8-10,16-18,21H,2-7H2,1H3,(H2,14,19)(H2,15,20). The Hall–Kier alpha value is -1.22. The number of hydrogen-bond acceptors (Lipinski definition) is 6. The van der Waals surface area contributed by atoms with E-state index >= 15 is 0 Å². The van der Waals surface area contributed by atoms with Crippen LogP contribution in [0, 0.1) is 0 Å². The number of carbonyl (C=O) groups is 2. The van der Waals surface area contributed by atoms with Crippen molar-refractivity contribution in [2.75, 3.05) is 0 Å². The summed E-state index contributed by atoms with van der Waals surface area (Å²) in [6.45, 7) is 2.03. The van der Waals surface area contributed by atoms with E-state index in [1.807, 2.05) is 6.92 Å². The molecule has 4 atom stereocenters. The summed E-state index contributed by atoms with van der Waals surface area (Å²) >= 11 is 0. The van der Waals surface area contributed by atoms with Gasteiger partial charge in [-0.2, -0.15) is 0 Å². The molecule has 8 heteroatoms. The second-order valence-electron chi connectivity index (χ2n) is 5.24. The summed E-state index contributed by atoms with van der Waals surface area (Å²) in [5.74, 6) is -2.52. The van der Waals surface area contributed by atoms with Crippen molar-refractivity contribution in [2.24, 2.45) is 11.5 Å². The molecule has 0 heterocycles. The Labute approximate surface area is 123 Å². The molecule has 4 unspecified atom stereocenters. The quantitative estimate of drug-likeness (QED) is 0.244. The molecular formula is C13H26N2O6. The number of hydrogen-bond donors (Lipinski definition) is 6. The Morgan fingerprint density at radius 3 is 2.00 bits per heavy atom. The molecule has 0 saturated carbocycles. The second kappa shape index (κ2) is 8.93. The highest BCUT2D eigenvalue weighted by Gasteiger charge is 2.47. The Kier molecular flexibility index (Phi) is 8.41. The van der Waals surface area contributed by atoms with Gasteiger partial charge in [-0.15, -0.1) is 0 Å². The molecule has 0 aliphatic heterocycles. The SMILES string of the molecule is CCCCCCCC(O)(C(N)=O)C(O)C(O)C(O)C(N)=O. The third-order valence-electron chi connectivity index (χ3n) is 3.52. The minimum absolute atomic E-state index is 0.185. The Morgan fingerprint density at radius 1 is 1.05 bits per heavy atom. The molecule has 2 amide bonds. The van der Waals surface area contributed by atoms with Crippen molar-refractivity contribution in [3.63, 3.8) is 0 Å². The first kappa shape index (κ1) is 19.8. The van der Waals surface area contributed by atoms with Gasteiger partial charge in [-0.25, -0.2) is 0 Å². The topological polar surface area (TPSA) is 167 Å². The second-order valence-corrected chi connectivity index (χ2v) is 5.24. The van der Waals surface area contributed by atoms with Gasteiger partial charge in [-0.3, -0.25) is 9.59 Å². The molecular weight excluding hydrogens is 280 g/mol. The number of nitrogens with two attached hydrogens (primary N) is 2. The lowest BCUT2D eigenvalue weighted by molar-refractivity contribution is -0.176. The number of unbranched alkanes of at least 4 members (excludes halogenated alkanes) is 4. The van der Waals surface area contributed by atoms with Crippen LogP contribution in [0.3, 0.4) is 0 Å². The highest BCUT2D eigenvalue weighted by atomic mass is 16.4. The molecule has 0 saturated heterocycles. The van der Waals surface area contributed by atoms with Crippen LogP contribution in [0.25, 0.3) is 0 Å². The van der Waals surface area contributed by atoms with Crippen LogP contribution >= 0.6 is 0 Å². The van der Waals surface area contributed by atoms with Gasteiger partial charge < -0.3 is 31.9 Å². The fourth-order valence-corrected chi connectivity index (χ4v) is 2.04. The van der Waals surface area contributed by atoms with Gasteiger partial charge in [0, 0.05) is 0 Å². The van der Waals surface area contributed by atoms with Gasteiger partial charge in [0.15, 0.2) is 11.7 Å². The predicted molar refractivity (Wildman–Crippen MR) is 74.7 cm³/mol. The first-order valence-electron chi connectivity index (χ1n) is 7.04. The van der Waals surface area contributed by atoms with Crippen LogP contribution in [0.1, 0.15) is 45.4 Å². The maximum Gasteiger partial charge on any atom is 0.252 e. The van der Waals surface area contributed by atoms with E-state index in [2.05, 4.69) is 0 Å². The van der Waals surface area contributed by atoms with Crippen LogP contribution in [-0.2, 0) is 9.59 Å². The third-order valence-corrected chi connectivity index (χ3v) is 3.52. The number of amides is 2. The summed E-state index contributed by atoms with van der Waals surface area (Å²) in [6, 6.07) is 0. The van der Waals surface area contributed by atoms with Crippen LogP contribution in [0.15, 0.2) is 0 Å². The zero-order chi connectivity index (χ0) is 16.6. The van der Waals surface area contributed by atoms with E-state index in [1.54, 1.807) is 0 Å². The zero-order valence-electron chi connectivity index (χ0n) is 12.2. The molecule has 124 valence electrons. The Morgan fingerprint density at radius 2 is 1.57 bits per heavy atom. The Bertz CT molecular complexity index is 352. The molecule has 0 rings (SSSR count). The van der Waals surface area contributed by atoms with E-state index in [0.717, 1.165) is 19.3 Å². The third kappa shape index (κ3) is 5.58. The van der Waals surface area contributed by atoms with E-state index in [9.17, 15) is 30.0 Å². The summed E-state index contributed by atoms with van der Waals surface area (Å²) < 4.78 is 0. The van der Waals surface area contributed by atoms with Crippen molar-refractivity contribution >= 4 is 11.8 Å². The van der Waals surface area contributed by atoms with Crippen LogP contribution in [0.4, 0.5) is 0 Å². The normalized spacial score (nSPS) is 18.5. The molecule has 0 aromatic carbocycles. The van der Waals surface area contributed by atoms with Crippen molar-refractivity contribution in [1.82, 2.24) is 0 Å². The van der Waals surface area contributed by atoms with Gasteiger partial charge in [0.25, 0.3) is 5.91 Å². The number of carbonyl (C=O) groups excluding carboxylic acids is 2. The van der Waals surface area contributed by atoms with Crippen molar-refractivity contribution in [1.29, 1.82) is 0 Å². The maximum absolute atomic E-state index is 11.4. The lowest BCUT2D eigenvalue weighted by Gasteiger charge is -2.33. The fraction of sp³-hybridized carbons (Fsp3) is 0.846. The molecule has 0 spiro atoms. The van der Waals surface area contributed by atoms with Gasteiger partial charge in [0.1, 0.15) is 12.2 Å².